The predicted molar refractivity (Wildman–Crippen MR) is 137 cm³/mol. The van der Waals surface area contributed by atoms with Gasteiger partial charge in [0.2, 0.25) is 0 Å². The Kier molecular flexibility index (Phi) is 7.78. The maximum atomic E-state index is 13.3. The molecule has 1 saturated carbocycles. The lowest BCUT2D eigenvalue weighted by Crippen LogP contribution is -2.41. The average molecular weight is 495 g/mol. The molecule has 0 radical (unpaired) electrons. The van der Waals surface area contributed by atoms with Crippen molar-refractivity contribution in [2.45, 2.75) is 70.3 Å². The van der Waals surface area contributed by atoms with E-state index in [0.717, 1.165) is 76.0 Å². The summed E-state index contributed by atoms with van der Waals surface area (Å²) in [6.07, 6.45) is 12.4. The second-order valence-electron chi connectivity index (χ2n) is 10.4. The highest BCUT2D eigenvalue weighted by atomic mass is 16.5. The molecule has 36 heavy (non-hydrogen) atoms. The number of aromatic amines is 1. The zero-order valence-corrected chi connectivity index (χ0v) is 21.3. The van der Waals surface area contributed by atoms with E-state index < -0.39 is 0 Å². The summed E-state index contributed by atoms with van der Waals surface area (Å²) in [6.45, 7) is 2.84. The fraction of sp³-hybridized carbons (Fsp3) is 0.607. The van der Waals surface area contributed by atoms with Crippen molar-refractivity contribution in [2.24, 2.45) is 5.92 Å². The topological polar surface area (TPSA) is 87.8 Å². The number of rotatable bonds is 7. The standard InChI is InChI=1S/C28H38N4O4/c1-35-23-10-9-21(18-24(23)36-22-7-3-4-8-22)17-20-11-15-32(16-12-20)28(34)26-25(29-19-30-26)27(33)31-13-5-2-6-14-31/h9-10,18-20,22H,2-8,11-17H2,1H3,(H,29,30). The van der Waals surface area contributed by atoms with Crippen molar-refractivity contribution in [3.8, 4) is 11.5 Å². The fourth-order valence-electron chi connectivity index (χ4n) is 5.82. The molecule has 2 aromatic rings. The summed E-state index contributed by atoms with van der Waals surface area (Å²) in [6, 6.07) is 6.27. The molecule has 5 rings (SSSR count). The Hall–Kier alpha value is -3.03. The minimum absolute atomic E-state index is 0.111. The van der Waals surface area contributed by atoms with Crippen LogP contribution < -0.4 is 9.47 Å². The van der Waals surface area contributed by atoms with E-state index in [-0.39, 0.29) is 23.6 Å². The van der Waals surface area contributed by atoms with Crippen LogP contribution >= 0.6 is 0 Å². The van der Waals surface area contributed by atoms with Gasteiger partial charge in [-0.15, -0.1) is 0 Å². The summed E-state index contributed by atoms with van der Waals surface area (Å²) >= 11 is 0. The third-order valence-electron chi connectivity index (χ3n) is 7.95. The van der Waals surface area contributed by atoms with Crippen LogP contribution in [-0.2, 0) is 6.42 Å². The maximum absolute atomic E-state index is 13.3. The van der Waals surface area contributed by atoms with E-state index in [1.165, 1.54) is 24.7 Å². The summed E-state index contributed by atoms with van der Waals surface area (Å²) in [5.74, 6) is 1.88. The van der Waals surface area contributed by atoms with Gasteiger partial charge < -0.3 is 24.3 Å². The first-order valence-corrected chi connectivity index (χ1v) is 13.6. The van der Waals surface area contributed by atoms with Crippen LogP contribution in [0, 0.1) is 5.92 Å². The molecular formula is C28H38N4O4. The van der Waals surface area contributed by atoms with E-state index in [1.807, 2.05) is 15.9 Å². The number of imidazole rings is 1. The van der Waals surface area contributed by atoms with Crippen LogP contribution in [0.5, 0.6) is 11.5 Å². The van der Waals surface area contributed by atoms with Crippen molar-refractivity contribution in [3.63, 3.8) is 0 Å². The molecule has 8 heteroatoms. The van der Waals surface area contributed by atoms with Gasteiger partial charge in [0.15, 0.2) is 17.2 Å². The van der Waals surface area contributed by atoms with Crippen molar-refractivity contribution >= 4 is 11.8 Å². The molecule has 1 aromatic heterocycles. The minimum atomic E-state index is -0.147. The third-order valence-corrected chi connectivity index (χ3v) is 7.95. The molecular weight excluding hydrogens is 456 g/mol. The Bertz CT molecular complexity index is 1050. The molecule has 1 aromatic carbocycles. The summed E-state index contributed by atoms with van der Waals surface area (Å²) in [7, 11) is 1.69. The van der Waals surface area contributed by atoms with Crippen LogP contribution in [0.3, 0.4) is 0 Å². The van der Waals surface area contributed by atoms with Crippen LogP contribution in [0.2, 0.25) is 0 Å². The molecule has 8 nitrogen and oxygen atoms in total. The highest BCUT2D eigenvalue weighted by Gasteiger charge is 2.30. The number of carbonyl (C=O) groups is 2. The number of H-pyrrole nitrogens is 1. The molecule has 0 atom stereocenters. The van der Waals surface area contributed by atoms with Gasteiger partial charge in [0.1, 0.15) is 5.69 Å². The molecule has 0 bridgehead atoms. The highest BCUT2D eigenvalue weighted by molar-refractivity contribution is 6.04. The zero-order valence-electron chi connectivity index (χ0n) is 21.3. The van der Waals surface area contributed by atoms with Gasteiger partial charge in [0.05, 0.1) is 19.5 Å². The molecule has 0 spiro atoms. The van der Waals surface area contributed by atoms with Gasteiger partial charge in [0.25, 0.3) is 11.8 Å². The lowest BCUT2D eigenvalue weighted by molar-refractivity contribution is 0.0658. The number of methoxy groups -OCH3 is 1. The van der Waals surface area contributed by atoms with E-state index in [1.54, 1.807) is 7.11 Å². The Morgan fingerprint density at radius 2 is 1.64 bits per heavy atom. The molecule has 1 N–H and O–H groups in total. The number of benzene rings is 1. The maximum Gasteiger partial charge on any atom is 0.274 e. The summed E-state index contributed by atoms with van der Waals surface area (Å²) in [4.78, 5) is 37.1. The molecule has 194 valence electrons. The number of piperidine rings is 2. The van der Waals surface area contributed by atoms with Crippen LogP contribution in [-0.4, -0.2) is 71.0 Å². The summed E-state index contributed by atoms with van der Waals surface area (Å²) < 4.78 is 11.8. The third kappa shape index (κ3) is 5.52. The molecule has 3 fully saturated rings. The number of hydrogen-bond acceptors (Lipinski definition) is 5. The Balaban J connectivity index is 1.17. The van der Waals surface area contributed by atoms with Crippen molar-refractivity contribution < 1.29 is 19.1 Å². The van der Waals surface area contributed by atoms with Gasteiger partial charge in [-0.1, -0.05) is 6.07 Å². The first kappa shape index (κ1) is 24.7. The second-order valence-corrected chi connectivity index (χ2v) is 10.4. The van der Waals surface area contributed by atoms with Crippen LogP contribution in [0.25, 0.3) is 0 Å². The number of amides is 2. The van der Waals surface area contributed by atoms with Crippen LogP contribution in [0.1, 0.15) is 84.3 Å². The van der Waals surface area contributed by atoms with E-state index in [0.29, 0.717) is 24.7 Å². The molecule has 2 aliphatic heterocycles. The lowest BCUT2D eigenvalue weighted by Gasteiger charge is -2.32. The van der Waals surface area contributed by atoms with Gasteiger partial charge in [-0.05, 0) is 87.8 Å². The monoisotopic (exact) mass is 494 g/mol. The Labute approximate surface area is 213 Å². The van der Waals surface area contributed by atoms with E-state index in [4.69, 9.17) is 9.47 Å². The van der Waals surface area contributed by atoms with Crippen LogP contribution in [0.15, 0.2) is 24.5 Å². The van der Waals surface area contributed by atoms with Crippen molar-refractivity contribution in [3.05, 3.63) is 41.5 Å². The first-order chi connectivity index (χ1) is 17.6. The fourth-order valence-corrected chi connectivity index (χ4v) is 5.82. The second kappa shape index (κ2) is 11.4. The minimum Gasteiger partial charge on any atom is -0.493 e. The first-order valence-electron chi connectivity index (χ1n) is 13.6. The molecule has 3 heterocycles. The lowest BCUT2D eigenvalue weighted by atomic mass is 9.90. The van der Waals surface area contributed by atoms with Gasteiger partial charge in [0, 0.05) is 26.2 Å². The van der Waals surface area contributed by atoms with Crippen molar-refractivity contribution in [1.82, 2.24) is 19.8 Å². The number of aromatic nitrogens is 2. The molecule has 3 aliphatic rings. The van der Waals surface area contributed by atoms with Crippen molar-refractivity contribution in [1.29, 1.82) is 0 Å². The molecule has 1 aliphatic carbocycles. The highest BCUT2D eigenvalue weighted by Crippen LogP contribution is 2.34. The van der Waals surface area contributed by atoms with Gasteiger partial charge in [-0.2, -0.15) is 0 Å². The number of hydrogen-bond donors (Lipinski definition) is 1. The normalized spacial score (nSPS) is 19.5. The quantitative estimate of drug-likeness (QED) is 0.614. The zero-order chi connectivity index (χ0) is 24.9. The SMILES string of the molecule is COc1ccc(CC2CCN(C(=O)c3nc[nH]c3C(=O)N3CCCCC3)CC2)cc1OC1CCCC1. The summed E-state index contributed by atoms with van der Waals surface area (Å²) in [5, 5.41) is 0. The average Bonchev–Trinajstić information content (AvgIpc) is 3.62. The van der Waals surface area contributed by atoms with Crippen molar-refractivity contribution in [2.75, 3.05) is 33.3 Å². The number of nitrogens with one attached hydrogen (secondary N) is 1. The smallest absolute Gasteiger partial charge is 0.274 e. The number of nitrogens with zero attached hydrogens (tertiary/aromatic N) is 3. The van der Waals surface area contributed by atoms with Gasteiger partial charge in [-0.25, -0.2) is 4.98 Å². The van der Waals surface area contributed by atoms with Gasteiger partial charge in [-0.3, -0.25) is 9.59 Å². The molecule has 2 saturated heterocycles. The molecule has 0 unspecified atom stereocenters. The summed E-state index contributed by atoms with van der Waals surface area (Å²) in [5.41, 5.74) is 1.83. The van der Waals surface area contributed by atoms with Crippen LogP contribution in [0.4, 0.5) is 0 Å². The predicted octanol–water partition coefficient (Wildman–Crippen LogP) is 4.46. The number of likely N-dealkylation sites (tertiary alicyclic amines) is 2. The number of carbonyl (C=O) groups excluding carboxylic acids is 2. The van der Waals surface area contributed by atoms with E-state index >= 15 is 0 Å². The Morgan fingerprint density at radius 3 is 2.36 bits per heavy atom. The van der Waals surface area contributed by atoms with E-state index in [2.05, 4.69) is 22.1 Å². The Morgan fingerprint density at radius 1 is 0.917 bits per heavy atom. The molecule has 2 amide bonds. The number of ether oxygens (including phenoxy) is 2. The van der Waals surface area contributed by atoms with Gasteiger partial charge >= 0.3 is 0 Å². The van der Waals surface area contributed by atoms with E-state index in [9.17, 15) is 9.59 Å². The largest absolute Gasteiger partial charge is 0.493 e.